The first-order chi connectivity index (χ1) is 14.9. The number of anilines is 1. The van der Waals surface area contributed by atoms with Crippen molar-refractivity contribution in [1.82, 2.24) is 19.9 Å². The third-order valence-electron chi connectivity index (χ3n) is 5.83. The molecule has 3 aromatic heterocycles. The number of hydrogen-bond acceptors (Lipinski definition) is 5. The summed E-state index contributed by atoms with van der Waals surface area (Å²) in [5.41, 5.74) is 2.53. The Labute approximate surface area is 182 Å². The molecule has 1 saturated carbocycles. The lowest BCUT2D eigenvalue weighted by Gasteiger charge is -2.27. The SMILES string of the molecule is CC1CCC(NC(=O)c2cnc(-n3ccc4cc(C#N)cnc43)cc2NC(C)C)CC1. The molecule has 0 unspecified atom stereocenters. The smallest absolute Gasteiger partial charge is 0.255 e. The van der Waals surface area contributed by atoms with E-state index in [4.69, 9.17) is 5.26 Å². The van der Waals surface area contributed by atoms with E-state index in [1.165, 1.54) is 0 Å². The number of fused-ring (bicyclic) bond motifs is 1. The highest BCUT2D eigenvalue weighted by Gasteiger charge is 2.22. The van der Waals surface area contributed by atoms with Gasteiger partial charge in [-0.15, -0.1) is 0 Å². The molecule has 1 aliphatic rings. The molecular formula is C24H28N6O. The lowest BCUT2D eigenvalue weighted by Crippen LogP contribution is -2.37. The van der Waals surface area contributed by atoms with Gasteiger partial charge in [-0.2, -0.15) is 5.26 Å². The number of nitriles is 1. The first-order valence-corrected chi connectivity index (χ1v) is 10.9. The van der Waals surface area contributed by atoms with Crippen molar-refractivity contribution in [2.75, 3.05) is 5.32 Å². The Kier molecular flexibility index (Phi) is 5.90. The summed E-state index contributed by atoms with van der Waals surface area (Å²) < 4.78 is 1.87. The van der Waals surface area contributed by atoms with Gasteiger partial charge in [-0.1, -0.05) is 6.92 Å². The Bertz CT molecular complexity index is 1130. The van der Waals surface area contributed by atoms with Gasteiger partial charge in [0, 0.05) is 42.1 Å². The van der Waals surface area contributed by atoms with Crippen LogP contribution in [0.5, 0.6) is 0 Å². The number of amides is 1. The molecule has 7 nitrogen and oxygen atoms in total. The van der Waals surface area contributed by atoms with E-state index >= 15 is 0 Å². The Balaban J connectivity index is 1.64. The van der Waals surface area contributed by atoms with Crippen molar-refractivity contribution in [3.63, 3.8) is 0 Å². The predicted molar refractivity (Wildman–Crippen MR) is 121 cm³/mol. The van der Waals surface area contributed by atoms with E-state index < -0.39 is 0 Å². The van der Waals surface area contributed by atoms with Crippen molar-refractivity contribution in [1.29, 1.82) is 5.26 Å². The average molecular weight is 417 g/mol. The van der Waals surface area contributed by atoms with Crippen molar-refractivity contribution >= 4 is 22.6 Å². The van der Waals surface area contributed by atoms with Crippen molar-refractivity contribution in [2.24, 2.45) is 5.92 Å². The molecular weight excluding hydrogens is 388 g/mol. The van der Waals surface area contributed by atoms with Crippen LogP contribution >= 0.6 is 0 Å². The third-order valence-corrected chi connectivity index (χ3v) is 5.83. The summed E-state index contributed by atoms with van der Waals surface area (Å²) in [5.74, 6) is 1.32. The van der Waals surface area contributed by atoms with E-state index in [1.54, 1.807) is 18.5 Å². The van der Waals surface area contributed by atoms with Crippen LogP contribution in [0.15, 0.2) is 36.8 Å². The summed E-state index contributed by atoms with van der Waals surface area (Å²) in [5, 5.41) is 16.6. The van der Waals surface area contributed by atoms with Crippen molar-refractivity contribution in [3.8, 4) is 11.9 Å². The zero-order valence-corrected chi connectivity index (χ0v) is 18.2. The van der Waals surface area contributed by atoms with Gasteiger partial charge in [0.15, 0.2) is 0 Å². The molecule has 0 aromatic carbocycles. The molecule has 1 fully saturated rings. The van der Waals surface area contributed by atoms with Gasteiger partial charge in [0.05, 0.1) is 16.8 Å². The van der Waals surface area contributed by atoms with Crippen LogP contribution in [0.1, 0.15) is 62.4 Å². The zero-order chi connectivity index (χ0) is 22.0. The monoisotopic (exact) mass is 416 g/mol. The van der Waals surface area contributed by atoms with Crippen LogP contribution < -0.4 is 10.6 Å². The van der Waals surface area contributed by atoms with E-state index in [-0.39, 0.29) is 18.0 Å². The van der Waals surface area contributed by atoms with E-state index in [0.29, 0.717) is 16.9 Å². The van der Waals surface area contributed by atoms with Crippen molar-refractivity contribution < 1.29 is 4.79 Å². The summed E-state index contributed by atoms with van der Waals surface area (Å²) in [6, 6.07) is 8.10. The van der Waals surface area contributed by atoms with E-state index in [9.17, 15) is 4.79 Å². The van der Waals surface area contributed by atoms with Gasteiger partial charge in [0.1, 0.15) is 17.5 Å². The number of carbonyl (C=O) groups is 1. The maximum Gasteiger partial charge on any atom is 0.255 e. The summed E-state index contributed by atoms with van der Waals surface area (Å²) in [4.78, 5) is 22.0. The molecule has 31 heavy (non-hydrogen) atoms. The molecule has 1 aliphatic carbocycles. The van der Waals surface area contributed by atoms with Gasteiger partial charge >= 0.3 is 0 Å². The summed E-state index contributed by atoms with van der Waals surface area (Å²) in [6.45, 7) is 6.35. The minimum atomic E-state index is -0.0871. The van der Waals surface area contributed by atoms with Crippen molar-refractivity contribution in [3.05, 3.63) is 47.9 Å². The molecule has 7 heteroatoms. The highest BCUT2D eigenvalue weighted by Crippen LogP contribution is 2.26. The quantitative estimate of drug-likeness (QED) is 0.642. The van der Waals surface area contributed by atoms with Gasteiger partial charge in [0.25, 0.3) is 5.91 Å². The number of aromatic nitrogens is 3. The Hall–Kier alpha value is -3.40. The van der Waals surface area contributed by atoms with Gasteiger partial charge in [-0.05, 0) is 57.6 Å². The van der Waals surface area contributed by atoms with Crippen molar-refractivity contribution in [2.45, 2.75) is 58.5 Å². The van der Waals surface area contributed by atoms with Gasteiger partial charge in [-0.25, -0.2) is 9.97 Å². The fraction of sp³-hybridized carbons (Fsp3) is 0.417. The molecule has 0 radical (unpaired) electrons. The average Bonchev–Trinajstić information content (AvgIpc) is 3.18. The van der Waals surface area contributed by atoms with Crippen LogP contribution in [0.3, 0.4) is 0 Å². The maximum atomic E-state index is 13.0. The van der Waals surface area contributed by atoms with Crippen LogP contribution in [-0.2, 0) is 0 Å². The lowest BCUT2D eigenvalue weighted by atomic mass is 9.87. The molecule has 3 heterocycles. The van der Waals surface area contributed by atoms with Crippen LogP contribution in [0.4, 0.5) is 5.69 Å². The number of carbonyl (C=O) groups excluding carboxylic acids is 1. The second-order valence-corrected chi connectivity index (χ2v) is 8.75. The molecule has 3 aromatic rings. The lowest BCUT2D eigenvalue weighted by molar-refractivity contribution is 0.0923. The highest BCUT2D eigenvalue weighted by atomic mass is 16.1. The van der Waals surface area contributed by atoms with Crippen LogP contribution in [0.2, 0.25) is 0 Å². The fourth-order valence-corrected chi connectivity index (χ4v) is 4.12. The summed E-state index contributed by atoms with van der Waals surface area (Å²) in [6.07, 6.45) is 9.42. The number of hydrogen-bond donors (Lipinski definition) is 2. The van der Waals surface area contributed by atoms with Crippen LogP contribution in [-0.4, -0.2) is 32.5 Å². The van der Waals surface area contributed by atoms with E-state index in [1.807, 2.05) is 36.7 Å². The second-order valence-electron chi connectivity index (χ2n) is 8.75. The largest absolute Gasteiger partial charge is 0.382 e. The number of rotatable bonds is 5. The van der Waals surface area contributed by atoms with Crippen LogP contribution in [0, 0.1) is 17.2 Å². The number of nitrogens with zero attached hydrogens (tertiary/aromatic N) is 4. The molecule has 1 amide bonds. The molecule has 160 valence electrons. The first kappa shape index (κ1) is 20.9. The topological polar surface area (TPSA) is 95.6 Å². The Morgan fingerprint density at radius 3 is 2.68 bits per heavy atom. The normalized spacial score (nSPS) is 18.7. The number of pyridine rings is 2. The minimum Gasteiger partial charge on any atom is -0.382 e. The third kappa shape index (κ3) is 4.53. The molecule has 0 aliphatic heterocycles. The molecule has 0 bridgehead atoms. The molecule has 2 N–H and O–H groups in total. The Morgan fingerprint density at radius 1 is 1.19 bits per heavy atom. The second kappa shape index (κ2) is 8.76. The molecule has 0 spiro atoms. The maximum absolute atomic E-state index is 13.0. The van der Waals surface area contributed by atoms with Crippen LogP contribution in [0.25, 0.3) is 16.9 Å². The molecule has 0 atom stereocenters. The van der Waals surface area contributed by atoms with Gasteiger partial charge in [-0.3, -0.25) is 9.36 Å². The fourth-order valence-electron chi connectivity index (χ4n) is 4.12. The summed E-state index contributed by atoms with van der Waals surface area (Å²) in [7, 11) is 0. The van der Waals surface area contributed by atoms with E-state index in [0.717, 1.165) is 48.3 Å². The van der Waals surface area contributed by atoms with Gasteiger partial charge < -0.3 is 10.6 Å². The predicted octanol–water partition coefficient (Wildman–Crippen LogP) is 4.42. The first-order valence-electron chi connectivity index (χ1n) is 10.9. The Morgan fingerprint density at radius 2 is 1.97 bits per heavy atom. The summed E-state index contributed by atoms with van der Waals surface area (Å²) >= 11 is 0. The molecule has 4 rings (SSSR count). The molecule has 0 saturated heterocycles. The minimum absolute atomic E-state index is 0.0871. The zero-order valence-electron chi connectivity index (χ0n) is 18.2. The standard InChI is InChI=1S/C24H28N6O/c1-15(2)28-21-11-22(30-9-8-18-10-17(12-25)13-27-23(18)30)26-14-20(21)24(31)29-19-6-4-16(3)5-7-19/h8-11,13-16,19H,4-7H2,1-3H3,(H,26,28)(H,29,31). The highest BCUT2D eigenvalue weighted by molar-refractivity contribution is 5.99. The van der Waals surface area contributed by atoms with Gasteiger partial charge in [0.2, 0.25) is 0 Å². The van der Waals surface area contributed by atoms with E-state index in [2.05, 4.69) is 33.6 Å². The number of nitrogens with one attached hydrogen (secondary N) is 2.